The minimum atomic E-state index is -5.85. The maximum atomic E-state index is 14.2. The van der Waals surface area contributed by atoms with Crippen LogP contribution >= 0.6 is 0 Å². The van der Waals surface area contributed by atoms with E-state index in [4.69, 9.17) is 7.58 Å². The van der Waals surface area contributed by atoms with Gasteiger partial charge in [0, 0.05) is 23.7 Å². The van der Waals surface area contributed by atoms with Crippen molar-refractivity contribution in [2.24, 2.45) is 0 Å². The van der Waals surface area contributed by atoms with Crippen LogP contribution < -0.4 is 0 Å². The molecule has 1 saturated heterocycles. The Balaban J connectivity index is 2.89. The average molecular weight is 395 g/mol. The van der Waals surface area contributed by atoms with E-state index in [2.05, 4.69) is 0 Å². The summed E-state index contributed by atoms with van der Waals surface area (Å²) in [6.07, 6.45) is -13.8. The van der Waals surface area contributed by atoms with Gasteiger partial charge in [-0.15, -0.1) is 0 Å². The van der Waals surface area contributed by atoms with E-state index in [-0.39, 0.29) is 0 Å². The molecule has 1 aliphatic rings. The molecular weight excluding hydrogens is 386 g/mol. The summed E-state index contributed by atoms with van der Waals surface area (Å²) in [6.45, 7) is 2.42. The van der Waals surface area contributed by atoms with E-state index in [1.807, 2.05) is 0 Å². The van der Waals surface area contributed by atoms with E-state index in [9.17, 15) is 39.5 Å². The van der Waals surface area contributed by atoms with Crippen LogP contribution in [0, 0.1) is 17.5 Å². The van der Waals surface area contributed by atoms with Gasteiger partial charge in [0.1, 0.15) is 5.56 Å². The zero-order chi connectivity index (χ0) is 19.3. The molecule has 1 aliphatic heterocycles. The topological polar surface area (TPSA) is 18.5 Å². The van der Waals surface area contributed by atoms with Gasteiger partial charge in [0.2, 0.25) is 0 Å². The lowest BCUT2D eigenvalue weighted by Gasteiger charge is -2.37. The van der Waals surface area contributed by atoms with Crippen LogP contribution in [-0.4, -0.2) is 28.1 Å². The quantitative estimate of drug-likeness (QED) is 0.394. The van der Waals surface area contributed by atoms with Crippen molar-refractivity contribution in [2.45, 2.75) is 44.3 Å². The summed E-state index contributed by atoms with van der Waals surface area (Å²) in [6, 6.07) is 0. The Morgan fingerprint density at radius 1 is 0.720 bits per heavy atom. The highest BCUT2D eigenvalue weighted by atomic mass is 27.2. The molecule has 2 nitrogen and oxygen atoms in total. The van der Waals surface area contributed by atoms with Gasteiger partial charge in [-0.05, 0) is 13.8 Å². The molecule has 1 radical (unpaired) electrons. The molecule has 1 aromatic carbocycles. The summed E-state index contributed by atoms with van der Waals surface area (Å²) in [4.78, 5) is 0. The van der Waals surface area contributed by atoms with Gasteiger partial charge in [0.05, 0.1) is 5.56 Å². The Bertz CT molecular complexity index is 661. The molecule has 2 unspecified atom stereocenters. The second-order valence-corrected chi connectivity index (χ2v) is 6.14. The van der Waals surface area contributed by atoms with Crippen molar-refractivity contribution in [1.29, 1.82) is 0 Å². The van der Waals surface area contributed by atoms with Crippen LogP contribution in [0.2, 0.25) is 0 Å². The molecule has 0 amide bonds. The van der Waals surface area contributed by atoms with Gasteiger partial charge >= 0.3 is 28.2 Å². The first kappa shape index (κ1) is 20.4. The zero-order valence-electron chi connectivity index (χ0n) is 12.5. The normalized spacial score (nSPS) is 25.0. The van der Waals surface area contributed by atoms with Crippen LogP contribution in [0.3, 0.4) is 0 Å². The van der Waals surface area contributed by atoms with E-state index in [0.717, 1.165) is 0 Å². The van der Waals surface area contributed by atoms with Gasteiger partial charge in [-0.1, -0.05) is 0 Å². The van der Waals surface area contributed by atoms with Crippen molar-refractivity contribution in [2.75, 3.05) is 0 Å². The fourth-order valence-electron chi connectivity index (χ4n) is 2.74. The van der Waals surface area contributed by atoms with E-state index < -0.39 is 80.5 Å². The SMILES string of the molecule is CC1[O][Al][O]C(C)C1c1c(F)c(F)c(C(F)(F)F)c(F)c1C(F)(F)F. The van der Waals surface area contributed by atoms with E-state index >= 15 is 0 Å². The van der Waals surface area contributed by atoms with Crippen molar-refractivity contribution in [3.8, 4) is 0 Å². The largest absolute Gasteiger partial charge is 0.668 e. The van der Waals surface area contributed by atoms with Crippen LogP contribution in [0.5, 0.6) is 0 Å². The molecule has 1 heterocycles. The summed E-state index contributed by atoms with van der Waals surface area (Å²) in [5, 5.41) is 0. The molecule has 0 aliphatic carbocycles. The lowest BCUT2D eigenvalue weighted by Crippen LogP contribution is -2.40. The van der Waals surface area contributed by atoms with Crippen molar-refractivity contribution < 1.29 is 47.1 Å². The minimum absolute atomic E-state index is 1.11. The molecule has 2 atom stereocenters. The lowest BCUT2D eigenvalue weighted by atomic mass is 9.84. The highest BCUT2D eigenvalue weighted by Gasteiger charge is 2.50. The number of rotatable bonds is 1. The predicted octanol–water partition coefficient (Wildman–Crippen LogP) is 4.58. The van der Waals surface area contributed by atoms with E-state index in [1.54, 1.807) is 0 Å². The highest BCUT2D eigenvalue weighted by Crippen LogP contribution is 2.47. The third kappa shape index (κ3) is 3.63. The number of benzene rings is 1. The average Bonchev–Trinajstić information content (AvgIpc) is 2.40. The molecule has 25 heavy (non-hydrogen) atoms. The zero-order valence-corrected chi connectivity index (χ0v) is 13.7. The van der Waals surface area contributed by atoms with Gasteiger partial charge < -0.3 is 7.58 Å². The van der Waals surface area contributed by atoms with E-state index in [0.29, 0.717) is 0 Å². The molecule has 12 heteroatoms. The molecule has 2 rings (SSSR count). The second-order valence-electron chi connectivity index (χ2n) is 5.41. The maximum Gasteiger partial charge on any atom is 0.668 e. The van der Waals surface area contributed by atoms with Gasteiger partial charge in [0.15, 0.2) is 17.5 Å². The van der Waals surface area contributed by atoms with Crippen molar-refractivity contribution in [1.82, 2.24) is 0 Å². The molecule has 0 N–H and O–H groups in total. The van der Waals surface area contributed by atoms with Crippen LogP contribution in [-0.2, 0) is 19.9 Å². The third-order valence-electron chi connectivity index (χ3n) is 3.81. The number of hydrogen-bond acceptors (Lipinski definition) is 2. The van der Waals surface area contributed by atoms with Crippen molar-refractivity contribution >= 4 is 15.9 Å². The molecule has 0 bridgehead atoms. The molecule has 0 spiro atoms. The maximum absolute atomic E-state index is 14.2. The third-order valence-corrected chi connectivity index (χ3v) is 4.89. The summed E-state index contributed by atoms with van der Waals surface area (Å²) >= 11 is -1.11. The molecule has 0 aromatic heterocycles. The summed E-state index contributed by atoms with van der Waals surface area (Å²) in [7, 11) is 0. The van der Waals surface area contributed by atoms with Crippen LogP contribution in [0.4, 0.5) is 39.5 Å². The monoisotopic (exact) mass is 395 g/mol. The standard InChI is InChI=1S/C13H9F9O2.Al/c1-3(23)5(4(2)24)6-7(12(17,18)19)10(15)8(13(20,21)22)11(16)9(6)14;/h3-5H,1-2H3;/q-2;+2. The first-order valence-corrected chi connectivity index (χ1v) is 7.70. The first-order chi connectivity index (χ1) is 11.3. The minimum Gasteiger partial charge on any atom is -0.481 e. The van der Waals surface area contributed by atoms with Crippen molar-refractivity contribution in [3.63, 3.8) is 0 Å². The Labute approximate surface area is 142 Å². The first-order valence-electron chi connectivity index (χ1n) is 6.75. The number of hydrogen-bond donors (Lipinski definition) is 0. The Hall–Kier alpha value is -0.958. The molecule has 1 aromatic rings. The van der Waals surface area contributed by atoms with Gasteiger partial charge in [-0.25, -0.2) is 13.2 Å². The molecular formula is C13H9AlF9O2. The van der Waals surface area contributed by atoms with Crippen LogP contribution in [0.25, 0.3) is 0 Å². The Kier molecular flexibility index (Phi) is 5.41. The number of alkyl halides is 6. The molecule has 0 saturated carbocycles. The lowest BCUT2D eigenvalue weighted by molar-refractivity contribution is -0.150. The summed E-state index contributed by atoms with van der Waals surface area (Å²) in [5.74, 6) is -9.71. The fourth-order valence-corrected chi connectivity index (χ4v) is 3.50. The smallest absolute Gasteiger partial charge is 0.481 e. The predicted molar refractivity (Wildman–Crippen MR) is 65.9 cm³/mol. The van der Waals surface area contributed by atoms with Crippen LogP contribution in [0.15, 0.2) is 0 Å². The number of halogens is 9. The Morgan fingerprint density at radius 3 is 1.56 bits per heavy atom. The Morgan fingerprint density at radius 2 is 1.16 bits per heavy atom. The molecule has 139 valence electrons. The summed E-state index contributed by atoms with van der Waals surface area (Å²) in [5.41, 5.74) is -7.01. The van der Waals surface area contributed by atoms with Crippen LogP contribution in [0.1, 0.15) is 36.5 Å². The molecule has 1 fully saturated rings. The second kappa shape index (κ2) is 6.65. The van der Waals surface area contributed by atoms with Gasteiger partial charge in [0.25, 0.3) is 0 Å². The van der Waals surface area contributed by atoms with Crippen molar-refractivity contribution in [3.05, 3.63) is 34.1 Å². The van der Waals surface area contributed by atoms with E-state index in [1.165, 1.54) is 13.8 Å². The fraction of sp³-hybridized carbons (Fsp3) is 0.538. The summed E-state index contributed by atoms with van der Waals surface area (Å²) < 4.78 is 130. The van der Waals surface area contributed by atoms with Gasteiger partial charge in [-0.2, -0.15) is 26.3 Å². The van der Waals surface area contributed by atoms with Gasteiger partial charge in [-0.3, -0.25) is 0 Å². The highest BCUT2D eigenvalue weighted by molar-refractivity contribution is 6.18.